The van der Waals surface area contributed by atoms with Crippen LogP contribution in [0.15, 0.2) is 54.9 Å². The van der Waals surface area contributed by atoms with Gasteiger partial charge in [-0.15, -0.1) is 0 Å². The fourth-order valence-electron chi connectivity index (χ4n) is 5.12. The van der Waals surface area contributed by atoms with Crippen molar-refractivity contribution < 1.29 is 31.1 Å². The zero-order valence-corrected chi connectivity index (χ0v) is 23.1. The van der Waals surface area contributed by atoms with Crippen LogP contribution >= 0.6 is 0 Å². The molecule has 0 radical (unpaired) electrons. The molecule has 4 aromatic heterocycles. The van der Waals surface area contributed by atoms with Gasteiger partial charge in [0.05, 0.1) is 41.1 Å². The van der Waals surface area contributed by atoms with E-state index >= 15 is 0 Å². The molecule has 0 amide bonds. The minimum atomic E-state index is -3.74. The third-order valence-electron chi connectivity index (χ3n) is 7.33. The number of benzene rings is 2. The number of ether oxygens (including phenoxy) is 1. The molecule has 2 aromatic carbocycles. The SMILES string of the molecule is O=C(c1cc2cc(C3CC3)c(NS(=O)(=O)CCCF)cc2[nH]1)c1c[nH]n2c1nc1cc(Oc3c(F)cccc3F)ncc12. The standard InChI is InChI=1S/C29H23F3N6O4S/c30-7-2-8-43(40,41)37-22-11-21-16(9-17(22)15-5-6-15)10-24(35-21)27(39)18-13-34-38-25-14-33-26(12-23(25)36-29(18)38)42-28-19(31)3-1-4-20(28)32/h1,3-4,9-15,34-35,37H,2,5-8H2. The van der Waals surface area contributed by atoms with Crippen molar-refractivity contribution in [2.75, 3.05) is 17.1 Å². The van der Waals surface area contributed by atoms with Gasteiger partial charge >= 0.3 is 0 Å². The number of imidazole rings is 1. The van der Waals surface area contributed by atoms with Gasteiger partial charge in [0.15, 0.2) is 17.3 Å². The number of hydrogen-bond acceptors (Lipinski definition) is 6. The summed E-state index contributed by atoms with van der Waals surface area (Å²) in [4.78, 5) is 25.4. The lowest BCUT2D eigenvalue weighted by Gasteiger charge is -2.12. The van der Waals surface area contributed by atoms with E-state index in [1.807, 2.05) is 6.07 Å². The van der Waals surface area contributed by atoms with Crippen LogP contribution in [-0.4, -0.2) is 51.2 Å². The average Bonchev–Trinajstić information content (AvgIpc) is 3.45. The number of halogens is 3. The van der Waals surface area contributed by atoms with Crippen molar-refractivity contribution >= 4 is 49.1 Å². The maximum atomic E-state index is 14.1. The molecule has 7 rings (SSSR count). The number of carbonyl (C=O) groups excluding carboxylic acids is 1. The van der Waals surface area contributed by atoms with Crippen LogP contribution in [0.2, 0.25) is 0 Å². The summed E-state index contributed by atoms with van der Waals surface area (Å²) in [5.41, 5.74) is 3.50. The Labute approximate surface area is 241 Å². The molecule has 14 heteroatoms. The first-order chi connectivity index (χ1) is 20.7. The molecule has 0 bridgehead atoms. The first kappa shape index (κ1) is 27.0. The molecule has 4 heterocycles. The summed E-state index contributed by atoms with van der Waals surface area (Å²) in [5, 5.41) is 3.72. The van der Waals surface area contributed by atoms with E-state index in [2.05, 4.69) is 24.8 Å². The topological polar surface area (TPSA) is 134 Å². The van der Waals surface area contributed by atoms with Crippen LogP contribution < -0.4 is 9.46 Å². The Balaban J connectivity index is 1.22. The van der Waals surface area contributed by atoms with E-state index in [-0.39, 0.29) is 41.0 Å². The van der Waals surface area contributed by atoms with Crippen molar-refractivity contribution in [3.05, 3.63) is 83.3 Å². The number of alkyl halides is 1. The van der Waals surface area contributed by atoms with E-state index in [1.54, 1.807) is 16.6 Å². The molecule has 1 saturated carbocycles. The molecule has 1 aliphatic rings. The van der Waals surface area contributed by atoms with E-state index < -0.39 is 34.1 Å². The van der Waals surface area contributed by atoms with E-state index in [9.17, 15) is 26.4 Å². The third-order valence-corrected chi connectivity index (χ3v) is 8.69. The molecule has 0 saturated heterocycles. The minimum Gasteiger partial charge on any atom is -0.433 e. The monoisotopic (exact) mass is 608 g/mol. The molecule has 0 aliphatic heterocycles. The van der Waals surface area contributed by atoms with Crippen LogP contribution in [0.1, 0.15) is 46.8 Å². The zero-order chi connectivity index (χ0) is 29.9. The number of hydrogen-bond donors (Lipinski definition) is 3. The van der Waals surface area contributed by atoms with Gasteiger partial charge in [0, 0.05) is 23.2 Å². The highest BCUT2D eigenvalue weighted by molar-refractivity contribution is 7.92. The fraction of sp³-hybridized carbons (Fsp3) is 0.207. The van der Waals surface area contributed by atoms with Crippen LogP contribution in [0, 0.1) is 11.6 Å². The molecular weight excluding hydrogens is 585 g/mol. The number of aromatic nitrogens is 5. The van der Waals surface area contributed by atoms with E-state index in [4.69, 9.17) is 4.74 Å². The first-order valence-corrected chi connectivity index (χ1v) is 15.1. The number of H-pyrrole nitrogens is 2. The summed E-state index contributed by atoms with van der Waals surface area (Å²) in [7, 11) is -3.74. The Morgan fingerprint density at radius 1 is 1.14 bits per heavy atom. The predicted octanol–water partition coefficient (Wildman–Crippen LogP) is 5.97. The van der Waals surface area contributed by atoms with Crippen LogP contribution in [0.5, 0.6) is 11.6 Å². The second kappa shape index (κ2) is 10.2. The van der Waals surface area contributed by atoms with Gasteiger partial charge in [0.25, 0.3) is 0 Å². The molecule has 6 aromatic rings. The number of anilines is 1. The number of para-hydroxylation sites is 1. The molecule has 1 aliphatic carbocycles. The van der Waals surface area contributed by atoms with Gasteiger partial charge in [-0.25, -0.2) is 31.7 Å². The zero-order valence-electron chi connectivity index (χ0n) is 22.3. The predicted molar refractivity (Wildman–Crippen MR) is 153 cm³/mol. The maximum Gasteiger partial charge on any atom is 0.232 e. The van der Waals surface area contributed by atoms with Crippen LogP contribution in [0.4, 0.5) is 18.9 Å². The van der Waals surface area contributed by atoms with E-state index in [1.165, 1.54) is 24.5 Å². The summed E-state index contributed by atoms with van der Waals surface area (Å²) in [5.74, 6) is -2.92. The van der Waals surface area contributed by atoms with Crippen molar-refractivity contribution in [1.29, 1.82) is 0 Å². The summed E-state index contributed by atoms with van der Waals surface area (Å²) in [6, 6.07) is 10.0. The number of carbonyl (C=O) groups is 1. The van der Waals surface area contributed by atoms with Crippen molar-refractivity contribution in [3.63, 3.8) is 0 Å². The van der Waals surface area contributed by atoms with Crippen molar-refractivity contribution in [3.8, 4) is 11.6 Å². The van der Waals surface area contributed by atoms with E-state index in [0.717, 1.165) is 35.9 Å². The minimum absolute atomic E-state index is 0.0802. The molecule has 1 fully saturated rings. The highest BCUT2D eigenvalue weighted by atomic mass is 32.2. The Bertz CT molecular complexity index is 2150. The van der Waals surface area contributed by atoms with Gasteiger partial charge in [-0.05, 0) is 61.1 Å². The number of nitrogens with zero attached hydrogens (tertiary/aromatic N) is 3. The summed E-state index contributed by atoms with van der Waals surface area (Å²) in [6.45, 7) is -0.727. The first-order valence-electron chi connectivity index (χ1n) is 13.5. The lowest BCUT2D eigenvalue weighted by Crippen LogP contribution is -2.18. The number of nitrogens with one attached hydrogen (secondary N) is 3. The highest BCUT2D eigenvalue weighted by Crippen LogP contribution is 2.45. The molecular formula is C29H23F3N6O4S. The Morgan fingerprint density at radius 2 is 1.93 bits per heavy atom. The summed E-state index contributed by atoms with van der Waals surface area (Å²) < 4.78 is 75.2. The second-order valence-electron chi connectivity index (χ2n) is 10.4. The average molecular weight is 609 g/mol. The lowest BCUT2D eigenvalue weighted by molar-refractivity contribution is 0.103. The van der Waals surface area contributed by atoms with Gasteiger partial charge in [-0.2, -0.15) is 0 Å². The molecule has 43 heavy (non-hydrogen) atoms. The smallest absolute Gasteiger partial charge is 0.232 e. The van der Waals surface area contributed by atoms with E-state index in [0.29, 0.717) is 27.9 Å². The van der Waals surface area contributed by atoms with Crippen LogP contribution in [0.25, 0.3) is 27.6 Å². The van der Waals surface area contributed by atoms with Gasteiger partial charge in [0.1, 0.15) is 5.52 Å². The number of fused-ring (bicyclic) bond motifs is 4. The van der Waals surface area contributed by atoms with Crippen molar-refractivity contribution in [2.45, 2.75) is 25.2 Å². The summed E-state index contributed by atoms with van der Waals surface area (Å²) >= 11 is 0. The molecule has 0 unspecified atom stereocenters. The third kappa shape index (κ3) is 4.96. The van der Waals surface area contributed by atoms with Gasteiger partial charge in [-0.1, -0.05) is 6.07 Å². The number of aromatic amines is 2. The van der Waals surface area contributed by atoms with Crippen LogP contribution in [-0.2, 0) is 10.0 Å². The number of sulfonamides is 1. The van der Waals surface area contributed by atoms with Gasteiger partial charge < -0.3 is 9.72 Å². The largest absolute Gasteiger partial charge is 0.433 e. The molecule has 0 spiro atoms. The number of ketones is 1. The van der Waals surface area contributed by atoms with Crippen molar-refractivity contribution in [2.24, 2.45) is 0 Å². The molecule has 220 valence electrons. The second-order valence-corrected chi connectivity index (χ2v) is 12.2. The highest BCUT2D eigenvalue weighted by Gasteiger charge is 2.29. The van der Waals surface area contributed by atoms with Crippen LogP contribution in [0.3, 0.4) is 0 Å². The molecule has 10 nitrogen and oxygen atoms in total. The van der Waals surface area contributed by atoms with Gasteiger partial charge in [0.2, 0.25) is 27.4 Å². The maximum absolute atomic E-state index is 14.1. The Hall–Kier alpha value is -4.85. The normalized spacial score (nSPS) is 13.7. The number of rotatable bonds is 10. The lowest BCUT2D eigenvalue weighted by atomic mass is 10.1. The summed E-state index contributed by atoms with van der Waals surface area (Å²) in [6.07, 6.45) is 4.67. The fourth-order valence-corrected chi connectivity index (χ4v) is 6.22. The Kier molecular flexibility index (Phi) is 6.38. The Morgan fingerprint density at radius 3 is 2.67 bits per heavy atom. The molecule has 0 atom stereocenters. The quantitative estimate of drug-likeness (QED) is 0.164. The number of pyridine rings is 1. The van der Waals surface area contributed by atoms with Gasteiger partial charge in [-0.3, -0.25) is 19.0 Å². The van der Waals surface area contributed by atoms with Crippen molar-refractivity contribution in [1.82, 2.24) is 24.6 Å². The molecule has 3 N–H and O–H groups in total.